The molecule has 0 heterocycles. The Morgan fingerprint density at radius 3 is 2.31 bits per heavy atom. The molecule has 0 amide bonds. The molecule has 0 saturated carbocycles. The summed E-state index contributed by atoms with van der Waals surface area (Å²) in [6.07, 6.45) is 8.43. The summed E-state index contributed by atoms with van der Waals surface area (Å²) < 4.78 is 6.19. The molecule has 0 aliphatic heterocycles. The third kappa shape index (κ3) is 7.23. The molecule has 96 valence electrons. The Bertz CT molecular complexity index is 184. The van der Waals surface area contributed by atoms with Gasteiger partial charge in [-0.25, -0.2) is 0 Å². The van der Waals surface area contributed by atoms with Crippen molar-refractivity contribution >= 4 is 8.07 Å². The minimum absolute atomic E-state index is 0.329. The smallest absolute Gasteiger partial charge is 0.0785 e. The van der Waals surface area contributed by atoms with E-state index in [0.717, 1.165) is 6.42 Å². The second-order valence-electron chi connectivity index (χ2n) is 5.82. The van der Waals surface area contributed by atoms with Crippen LogP contribution in [0.5, 0.6) is 0 Å². The first-order valence-electron chi connectivity index (χ1n) is 6.68. The van der Waals surface area contributed by atoms with E-state index >= 15 is 0 Å². The van der Waals surface area contributed by atoms with Crippen LogP contribution >= 0.6 is 0 Å². The van der Waals surface area contributed by atoms with Crippen molar-refractivity contribution in [1.82, 2.24) is 0 Å². The Kier molecular flexibility index (Phi) is 8.03. The van der Waals surface area contributed by atoms with Crippen molar-refractivity contribution < 1.29 is 4.74 Å². The van der Waals surface area contributed by atoms with E-state index in [1.54, 1.807) is 0 Å². The van der Waals surface area contributed by atoms with Crippen LogP contribution in [0.25, 0.3) is 0 Å². The van der Waals surface area contributed by atoms with E-state index in [2.05, 4.69) is 40.1 Å². The number of rotatable bonds is 9. The molecule has 0 spiro atoms. The van der Waals surface area contributed by atoms with Crippen molar-refractivity contribution in [2.24, 2.45) is 0 Å². The summed E-state index contributed by atoms with van der Waals surface area (Å²) >= 11 is 0. The number of unbranched alkanes of at least 4 members (excludes halogenated alkanes) is 2. The lowest BCUT2D eigenvalue weighted by molar-refractivity contribution is 0.0332. The van der Waals surface area contributed by atoms with Crippen molar-refractivity contribution in [1.29, 1.82) is 0 Å². The Morgan fingerprint density at radius 2 is 1.88 bits per heavy atom. The van der Waals surface area contributed by atoms with E-state index in [1.165, 1.54) is 25.7 Å². The predicted octanol–water partition coefficient (Wildman–Crippen LogP) is 4.79. The summed E-state index contributed by atoms with van der Waals surface area (Å²) in [5.74, 6) is 0. The molecule has 0 rings (SSSR count). The molecule has 0 bridgehead atoms. The molecule has 0 fully saturated rings. The van der Waals surface area contributed by atoms with Crippen LogP contribution in [0.1, 0.15) is 46.0 Å². The van der Waals surface area contributed by atoms with Crippen molar-refractivity contribution in [3.8, 4) is 0 Å². The van der Waals surface area contributed by atoms with Crippen LogP contribution in [0.3, 0.4) is 0 Å². The highest BCUT2D eigenvalue weighted by molar-refractivity contribution is 6.77. The molecule has 0 unspecified atom stereocenters. The topological polar surface area (TPSA) is 9.23 Å². The molecular weight excluding hydrogens is 212 g/mol. The zero-order chi connectivity index (χ0) is 12.6. The summed E-state index contributed by atoms with van der Waals surface area (Å²) in [5, 5.41) is 0. The molecule has 1 nitrogen and oxygen atoms in total. The fourth-order valence-electron chi connectivity index (χ4n) is 1.86. The van der Waals surface area contributed by atoms with Crippen LogP contribution in [-0.4, -0.2) is 19.9 Å². The number of ether oxygens (including phenoxy) is 1. The molecule has 0 N–H and O–H groups in total. The van der Waals surface area contributed by atoms with E-state index < -0.39 is 8.07 Å². The molecular formula is C14H30OSi. The second-order valence-corrected chi connectivity index (χ2v) is 11.2. The van der Waals surface area contributed by atoms with Crippen LogP contribution < -0.4 is 0 Å². The lowest BCUT2D eigenvalue weighted by Crippen LogP contribution is -2.42. The summed E-state index contributed by atoms with van der Waals surface area (Å²) in [6, 6.07) is 0. The monoisotopic (exact) mass is 242 g/mol. The summed E-state index contributed by atoms with van der Waals surface area (Å²) in [4.78, 5) is 0. The molecule has 0 aliphatic carbocycles. The Hall–Kier alpha value is -0.0831. The minimum Gasteiger partial charge on any atom is -0.378 e. The maximum Gasteiger partial charge on any atom is 0.0785 e. The second kappa shape index (κ2) is 8.07. The minimum atomic E-state index is -1.18. The molecule has 0 radical (unpaired) electrons. The molecule has 0 aromatic rings. The Labute approximate surface area is 103 Å². The van der Waals surface area contributed by atoms with Gasteiger partial charge in [0.2, 0.25) is 0 Å². The molecule has 16 heavy (non-hydrogen) atoms. The van der Waals surface area contributed by atoms with Gasteiger partial charge in [0.15, 0.2) is 0 Å². The van der Waals surface area contributed by atoms with Gasteiger partial charge < -0.3 is 4.74 Å². The first-order chi connectivity index (χ1) is 7.41. The maximum absolute atomic E-state index is 6.19. The molecule has 2 atom stereocenters. The third-order valence-electron chi connectivity index (χ3n) is 2.93. The lowest BCUT2D eigenvalue weighted by atomic mass is 10.2. The fourth-order valence-corrected chi connectivity index (χ4v) is 3.57. The molecule has 0 saturated heterocycles. The van der Waals surface area contributed by atoms with Crippen LogP contribution in [0.4, 0.5) is 0 Å². The van der Waals surface area contributed by atoms with Crippen LogP contribution in [0.15, 0.2) is 12.7 Å². The van der Waals surface area contributed by atoms with Gasteiger partial charge in [0.25, 0.3) is 0 Å². The van der Waals surface area contributed by atoms with Crippen molar-refractivity contribution in [3.63, 3.8) is 0 Å². The lowest BCUT2D eigenvalue weighted by Gasteiger charge is -2.31. The van der Waals surface area contributed by atoms with Gasteiger partial charge in [-0.3, -0.25) is 0 Å². The largest absolute Gasteiger partial charge is 0.378 e. The molecule has 0 aromatic carbocycles. The van der Waals surface area contributed by atoms with Gasteiger partial charge in [-0.05, 0) is 19.8 Å². The van der Waals surface area contributed by atoms with Crippen molar-refractivity contribution in [3.05, 3.63) is 12.7 Å². The Morgan fingerprint density at radius 1 is 1.25 bits per heavy atom. The average Bonchev–Trinajstić information content (AvgIpc) is 2.15. The summed E-state index contributed by atoms with van der Waals surface area (Å²) in [7, 11) is -1.18. The number of hydrogen-bond donors (Lipinski definition) is 0. The number of hydrogen-bond acceptors (Lipinski definition) is 1. The average molecular weight is 242 g/mol. The first kappa shape index (κ1) is 15.9. The predicted molar refractivity (Wildman–Crippen MR) is 76.6 cm³/mol. The standard InChI is InChI=1S/C14H30OSi/c1-7-9-10-12-14(16(4,5)6)15-13(3)11-8-2/h8,13-14H,2,7,9-12H2,1,3-6H3/t13-,14-/m0/s1. The highest BCUT2D eigenvalue weighted by Crippen LogP contribution is 2.20. The molecule has 0 aromatic heterocycles. The van der Waals surface area contributed by atoms with E-state index in [9.17, 15) is 0 Å². The van der Waals surface area contributed by atoms with Gasteiger partial charge in [-0.15, -0.1) is 6.58 Å². The summed E-state index contributed by atoms with van der Waals surface area (Å²) in [5.41, 5.74) is 0.508. The first-order valence-corrected chi connectivity index (χ1v) is 10.3. The molecule has 0 aliphatic rings. The van der Waals surface area contributed by atoms with E-state index in [0.29, 0.717) is 11.8 Å². The Balaban J connectivity index is 4.15. The summed E-state index contributed by atoms with van der Waals surface area (Å²) in [6.45, 7) is 15.4. The highest BCUT2D eigenvalue weighted by atomic mass is 28.3. The van der Waals surface area contributed by atoms with Crippen molar-refractivity contribution in [2.75, 3.05) is 0 Å². The quantitative estimate of drug-likeness (QED) is 0.321. The third-order valence-corrected chi connectivity index (χ3v) is 5.29. The highest BCUT2D eigenvalue weighted by Gasteiger charge is 2.28. The van der Waals surface area contributed by atoms with Gasteiger partial charge in [0.1, 0.15) is 0 Å². The van der Waals surface area contributed by atoms with Gasteiger partial charge in [-0.1, -0.05) is 51.9 Å². The van der Waals surface area contributed by atoms with Gasteiger partial charge >= 0.3 is 0 Å². The van der Waals surface area contributed by atoms with Gasteiger partial charge in [0, 0.05) is 5.73 Å². The van der Waals surface area contributed by atoms with Crippen LogP contribution in [0, 0.1) is 0 Å². The van der Waals surface area contributed by atoms with E-state index in [-0.39, 0.29) is 0 Å². The zero-order valence-corrected chi connectivity index (χ0v) is 12.9. The van der Waals surface area contributed by atoms with E-state index in [1.807, 2.05) is 6.08 Å². The van der Waals surface area contributed by atoms with Crippen LogP contribution in [0.2, 0.25) is 19.6 Å². The van der Waals surface area contributed by atoms with Crippen molar-refractivity contribution in [2.45, 2.75) is 77.4 Å². The van der Waals surface area contributed by atoms with Gasteiger partial charge in [-0.2, -0.15) is 0 Å². The SMILES string of the molecule is C=CC[C@H](C)O[C@H](CCCCC)[Si](C)(C)C. The normalized spacial score (nSPS) is 15.8. The molecule has 2 heteroatoms. The zero-order valence-electron chi connectivity index (χ0n) is 11.9. The van der Waals surface area contributed by atoms with Crippen LogP contribution in [-0.2, 0) is 4.74 Å². The maximum atomic E-state index is 6.19. The fraction of sp³-hybridized carbons (Fsp3) is 0.857. The van der Waals surface area contributed by atoms with Gasteiger partial charge in [0.05, 0.1) is 14.2 Å². The van der Waals surface area contributed by atoms with E-state index in [4.69, 9.17) is 4.74 Å².